The number of hydrogen-bond donors (Lipinski definition) is 3. The fraction of sp³-hybridized carbons (Fsp3) is 0.417. The lowest BCUT2D eigenvalue weighted by Gasteiger charge is -2.12. The summed E-state index contributed by atoms with van der Waals surface area (Å²) in [6.07, 6.45) is -3.21. The Labute approximate surface area is 124 Å². The van der Waals surface area contributed by atoms with Crippen molar-refractivity contribution in [1.29, 1.82) is 0 Å². The molecule has 4 N–H and O–H groups in total. The molecule has 7 nitrogen and oxygen atoms in total. The molecule has 0 aliphatic heterocycles. The predicted octanol–water partition coefficient (Wildman–Crippen LogP) is 0.697. The van der Waals surface area contributed by atoms with Crippen molar-refractivity contribution in [2.45, 2.75) is 19.1 Å². The molecule has 1 aromatic rings. The van der Waals surface area contributed by atoms with Crippen LogP contribution in [0.3, 0.4) is 0 Å². The quantitative estimate of drug-likeness (QED) is 0.687. The molecule has 0 unspecified atom stereocenters. The molecule has 0 aromatic carbocycles. The van der Waals surface area contributed by atoms with E-state index in [0.29, 0.717) is 0 Å². The van der Waals surface area contributed by atoms with Crippen LogP contribution in [0.1, 0.15) is 12.0 Å². The Bertz CT molecular complexity index is 523. The average Bonchev–Trinajstić information content (AvgIpc) is 2.42. The largest absolute Gasteiger partial charge is 0.468 e. The van der Waals surface area contributed by atoms with E-state index in [0.717, 1.165) is 0 Å². The molecule has 122 valence electrons. The van der Waals surface area contributed by atoms with Crippen LogP contribution < -0.4 is 21.1 Å². The molecule has 0 spiro atoms. The number of halogens is 3. The smallest absolute Gasteiger partial charge is 0.422 e. The van der Waals surface area contributed by atoms with Gasteiger partial charge in [0.2, 0.25) is 11.8 Å². The third-order valence-electron chi connectivity index (χ3n) is 2.32. The summed E-state index contributed by atoms with van der Waals surface area (Å²) in [4.78, 5) is 25.6. The van der Waals surface area contributed by atoms with Gasteiger partial charge in [-0.05, 0) is 6.07 Å². The number of pyridine rings is 1. The Morgan fingerprint density at radius 1 is 1.32 bits per heavy atom. The molecule has 1 heterocycles. The number of nitrogens with zero attached hydrogens (tertiary/aromatic N) is 1. The normalized spacial score (nSPS) is 10.9. The van der Waals surface area contributed by atoms with Crippen LogP contribution in [-0.2, 0) is 11.3 Å². The fourth-order valence-corrected chi connectivity index (χ4v) is 1.38. The maximum absolute atomic E-state index is 12.1. The predicted molar refractivity (Wildman–Crippen MR) is 69.8 cm³/mol. The van der Waals surface area contributed by atoms with E-state index in [9.17, 15) is 22.8 Å². The Morgan fingerprint density at radius 2 is 2.05 bits per heavy atom. The van der Waals surface area contributed by atoms with Gasteiger partial charge in [-0.25, -0.2) is 9.78 Å². The summed E-state index contributed by atoms with van der Waals surface area (Å²) in [6, 6.07) is 2.39. The summed E-state index contributed by atoms with van der Waals surface area (Å²) in [5.74, 6) is -0.771. The van der Waals surface area contributed by atoms with Crippen LogP contribution in [0, 0.1) is 0 Å². The van der Waals surface area contributed by atoms with E-state index in [2.05, 4.69) is 20.4 Å². The highest BCUT2D eigenvalue weighted by Gasteiger charge is 2.29. The second-order valence-electron chi connectivity index (χ2n) is 4.20. The number of nitrogens with one attached hydrogen (secondary N) is 2. The first-order chi connectivity index (χ1) is 10.3. The number of rotatable bonds is 7. The topological polar surface area (TPSA) is 106 Å². The molecule has 0 saturated carbocycles. The highest BCUT2D eigenvalue weighted by atomic mass is 19.4. The molecule has 3 amide bonds. The molecule has 22 heavy (non-hydrogen) atoms. The first-order valence-corrected chi connectivity index (χ1v) is 6.21. The minimum absolute atomic E-state index is 0.0136. The zero-order chi connectivity index (χ0) is 16.6. The third kappa shape index (κ3) is 7.31. The van der Waals surface area contributed by atoms with Gasteiger partial charge >= 0.3 is 12.2 Å². The van der Waals surface area contributed by atoms with Crippen LogP contribution in [0.25, 0.3) is 0 Å². The number of ether oxygens (including phenoxy) is 1. The van der Waals surface area contributed by atoms with E-state index in [-0.39, 0.29) is 31.0 Å². The summed E-state index contributed by atoms with van der Waals surface area (Å²) in [6.45, 7) is -1.49. The SMILES string of the molecule is NC(=O)CCNC(=O)NCc1cccnc1OCC(F)(F)F. The highest BCUT2D eigenvalue weighted by molar-refractivity contribution is 5.76. The monoisotopic (exact) mass is 320 g/mol. The molecule has 0 fully saturated rings. The standard InChI is InChI=1S/C12H15F3N4O3/c13-12(14,15)7-22-10-8(2-1-4-17-10)6-19-11(21)18-5-3-9(16)20/h1-2,4H,3,5-7H2,(H2,16,20)(H2,18,19,21). The van der Waals surface area contributed by atoms with Crippen LogP contribution in [0.2, 0.25) is 0 Å². The Morgan fingerprint density at radius 3 is 2.68 bits per heavy atom. The zero-order valence-corrected chi connectivity index (χ0v) is 11.4. The van der Waals surface area contributed by atoms with Gasteiger partial charge in [0.15, 0.2) is 6.61 Å². The number of nitrogens with two attached hydrogens (primary N) is 1. The lowest BCUT2D eigenvalue weighted by atomic mass is 10.2. The molecule has 0 atom stereocenters. The highest BCUT2D eigenvalue weighted by Crippen LogP contribution is 2.19. The van der Waals surface area contributed by atoms with E-state index in [1.54, 1.807) is 0 Å². The van der Waals surface area contributed by atoms with E-state index in [4.69, 9.17) is 5.73 Å². The van der Waals surface area contributed by atoms with Crippen molar-refractivity contribution >= 4 is 11.9 Å². The van der Waals surface area contributed by atoms with Gasteiger partial charge in [0.05, 0.1) is 0 Å². The molecule has 0 bridgehead atoms. The summed E-state index contributed by atoms with van der Waals surface area (Å²) >= 11 is 0. The lowest BCUT2D eigenvalue weighted by Crippen LogP contribution is -2.36. The van der Waals surface area contributed by atoms with Crippen molar-refractivity contribution in [3.05, 3.63) is 23.9 Å². The molecule has 0 radical (unpaired) electrons. The summed E-state index contributed by atoms with van der Waals surface area (Å²) in [5.41, 5.74) is 5.19. The number of primary amides is 1. The van der Waals surface area contributed by atoms with Crippen LogP contribution in [0.15, 0.2) is 18.3 Å². The van der Waals surface area contributed by atoms with Crippen molar-refractivity contribution in [2.75, 3.05) is 13.2 Å². The van der Waals surface area contributed by atoms with Gasteiger partial charge < -0.3 is 21.1 Å². The Kier molecular flexibility index (Phi) is 6.42. The van der Waals surface area contributed by atoms with Crippen molar-refractivity contribution in [3.63, 3.8) is 0 Å². The maximum atomic E-state index is 12.1. The van der Waals surface area contributed by atoms with Gasteiger partial charge in [-0.1, -0.05) is 6.07 Å². The number of amides is 3. The van der Waals surface area contributed by atoms with Crippen molar-refractivity contribution in [1.82, 2.24) is 15.6 Å². The van der Waals surface area contributed by atoms with Gasteiger partial charge in [0.1, 0.15) is 0 Å². The number of carbonyl (C=O) groups is 2. The van der Waals surface area contributed by atoms with E-state index in [1.807, 2.05) is 0 Å². The van der Waals surface area contributed by atoms with Crippen LogP contribution in [-0.4, -0.2) is 36.3 Å². The molecule has 1 rings (SSSR count). The molecule has 1 aromatic heterocycles. The number of urea groups is 1. The van der Waals surface area contributed by atoms with E-state index in [1.165, 1.54) is 18.3 Å². The molecule has 10 heteroatoms. The second kappa shape index (κ2) is 8.05. The maximum Gasteiger partial charge on any atom is 0.422 e. The van der Waals surface area contributed by atoms with E-state index >= 15 is 0 Å². The minimum atomic E-state index is -4.48. The summed E-state index contributed by atoms with van der Waals surface area (Å²) in [7, 11) is 0. The summed E-state index contributed by atoms with van der Waals surface area (Å²) < 4.78 is 40.9. The lowest BCUT2D eigenvalue weighted by molar-refractivity contribution is -0.154. The van der Waals surface area contributed by atoms with Crippen molar-refractivity contribution in [2.24, 2.45) is 5.73 Å². The first-order valence-electron chi connectivity index (χ1n) is 6.21. The first kappa shape index (κ1) is 17.5. The molecular formula is C12H15F3N4O3. The van der Waals surface area contributed by atoms with Crippen LogP contribution in [0.4, 0.5) is 18.0 Å². The Hall–Kier alpha value is -2.52. The molecular weight excluding hydrogens is 305 g/mol. The average molecular weight is 320 g/mol. The Balaban J connectivity index is 2.48. The molecule has 0 aliphatic carbocycles. The number of alkyl halides is 3. The number of hydrogen-bond acceptors (Lipinski definition) is 4. The van der Waals surface area contributed by atoms with Crippen molar-refractivity contribution < 1.29 is 27.5 Å². The van der Waals surface area contributed by atoms with Crippen LogP contribution >= 0.6 is 0 Å². The van der Waals surface area contributed by atoms with Gasteiger partial charge in [-0.2, -0.15) is 13.2 Å². The third-order valence-corrected chi connectivity index (χ3v) is 2.32. The summed E-state index contributed by atoms with van der Waals surface area (Å²) in [5, 5.41) is 4.77. The minimum Gasteiger partial charge on any atom is -0.468 e. The molecule has 0 aliphatic rings. The van der Waals surface area contributed by atoms with Gasteiger partial charge in [-0.3, -0.25) is 4.79 Å². The van der Waals surface area contributed by atoms with Crippen LogP contribution in [0.5, 0.6) is 5.88 Å². The van der Waals surface area contributed by atoms with Crippen molar-refractivity contribution in [3.8, 4) is 5.88 Å². The van der Waals surface area contributed by atoms with Gasteiger partial charge in [0.25, 0.3) is 0 Å². The fourth-order valence-electron chi connectivity index (χ4n) is 1.38. The van der Waals surface area contributed by atoms with E-state index < -0.39 is 24.7 Å². The molecule has 0 saturated heterocycles. The zero-order valence-electron chi connectivity index (χ0n) is 11.4. The van der Waals surface area contributed by atoms with Gasteiger partial charge in [0, 0.05) is 31.3 Å². The van der Waals surface area contributed by atoms with Gasteiger partial charge in [-0.15, -0.1) is 0 Å². The number of aromatic nitrogens is 1. The second-order valence-corrected chi connectivity index (χ2v) is 4.20. The number of carbonyl (C=O) groups excluding carboxylic acids is 2.